The summed E-state index contributed by atoms with van der Waals surface area (Å²) in [7, 11) is 0. The fourth-order valence-corrected chi connectivity index (χ4v) is 2.74. The number of carbonyl (C=O) groups is 1. The molecule has 1 fully saturated rings. The largest absolute Gasteiger partial charge is 0.368 e. The summed E-state index contributed by atoms with van der Waals surface area (Å²) in [6.07, 6.45) is 6.76. The molecule has 0 saturated heterocycles. The summed E-state index contributed by atoms with van der Waals surface area (Å²) in [6.45, 7) is 8.28. The Hall–Kier alpha value is -1.36. The van der Waals surface area contributed by atoms with Crippen LogP contribution in [0.15, 0.2) is 12.4 Å². The second-order valence-electron chi connectivity index (χ2n) is 6.52. The Kier molecular flexibility index (Phi) is 4.18. The number of nitrogens with zero attached hydrogens (tertiary/aromatic N) is 2. The van der Waals surface area contributed by atoms with Gasteiger partial charge < -0.3 is 15.6 Å². The van der Waals surface area contributed by atoms with Crippen LogP contribution in [-0.2, 0) is 4.79 Å². The normalized spacial score (nSPS) is 19.9. The van der Waals surface area contributed by atoms with Crippen molar-refractivity contribution in [3.63, 3.8) is 0 Å². The van der Waals surface area contributed by atoms with Crippen LogP contribution in [0.2, 0.25) is 0 Å². The number of nitrogens with one attached hydrogen (secondary N) is 1. The molecule has 5 heteroatoms. The van der Waals surface area contributed by atoms with E-state index < -0.39 is 5.54 Å². The molecule has 0 spiro atoms. The number of imidazole rings is 1. The van der Waals surface area contributed by atoms with E-state index in [-0.39, 0.29) is 11.9 Å². The lowest BCUT2D eigenvalue weighted by Gasteiger charge is -2.31. The van der Waals surface area contributed by atoms with Crippen molar-refractivity contribution in [3.8, 4) is 0 Å². The molecule has 1 amide bonds. The summed E-state index contributed by atoms with van der Waals surface area (Å²) in [5.41, 5.74) is 4.97. The second-order valence-corrected chi connectivity index (χ2v) is 6.52. The van der Waals surface area contributed by atoms with Crippen LogP contribution in [0.25, 0.3) is 0 Å². The Labute approximate surface area is 120 Å². The standard InChI is InChI=1S/C15H26N4O/c1-10(2)13-17-7-8-19(13)11(3)9-15(4,14(16)20)18-12-5-6-12/h7-8,10-12,18H,5-6,9H2,1-4H3,(H2,16,20). The molecule has 1 saturated carbocycles. The molecule has 0 radical (unpaired) electrons. The van der Waals surface area contributed by atoms with E-state index >= 15 is 0 Å². The van der Waals surface area contributed by atoms with Gasteiger partial charge in [0.25, 0.3) is 0 Å². The summed E-state index contributed by atoms with van der Waals surface area (Å²) in [5.74, 6) is 1.14. The van der Waals surface area contributed by atoms with Crippen molar-refractivity contribution in [2.24, 2.45) is 5.73 Å². The van der Waals surface area contributed by atoms with Crippen molar-refractivity contribution in [2.75, 3.05) is 0 Å². The molecule has 0 aromatic carbocycles. The fraction of sp³-hybridized carbons (Fsp3) is 0.733. The van der Waals surface area contributed by atoms with E-state index in [1.165, 1.54) is 0 Å². The molecule has 5 nitrogen and oxygen atoms in total. The van der Waals surface area contributed by atoms with Gasteiger partial charge in [-0.2, -0.15) is 0 Å². The molecule has 1 aliphatic carbocycles. The number of carbonyl (C=O) groups excluding carboxylic acids is 1. The first-order valence-corrected chi connectivity index (χ1v) is 7.44. The smallest absolute Gasteiger partial charge is 0.237 e. The van der Waals surface area contributed by atoms with Crippen molar-refractivity contribution >= 4 is 5.91 Å². The van der Waals surface area contributed by atoms with Gasteiger partial charge in [0, 0.05) is 30.4 Å². The zero-order valence-electron chi connectivity index (χ0n) is 12.9. The molecule has 3 N–H and O–H groups in total. The molecule has 2 atom stereocenters. The van der Waals surface area contributed by atoms with Gasteiger partial charge in [0.15, 0.2) is 0 Å². The summed E-state index contributed by atoms with van der Waals surface area (Å²) in [5, 5.41) is 3.40. The highest BCUT2D eigenvalue weighted by molar-refractivity contribution is 5.84. The van der Waals surface area contributed by atoms with E-state index in [1.807, 2.05) is 19.3 Å². The first-order valence-electron chi connectivity index (χ1n) is 7.44. The fourth-order valence-electron chi connectivity index (χ4n) is 2.74. The van der Waals surface area contributed by atoms with Gasteiger partial charge in [-0.15, -0.1) is 0 Å². The Balaban J connectivity index is 2.13. The zero-order chi connectivity index (χ0) is 14.9. The molecule has 20 heavy (non-hydrogen) atoms. The monoisotopic (exact) mass is 278 g/mol. The molecule has 1 aromatic rings. The number of amides is 1. The minimum atomic E-state index is -0.654. The van der Waals surface area contributed by atoms with E-state index in [0.717, 1.165) is 18.7 Å². The quantitative estimate of drug-likeness (QED) is 0.800. The van der Waals surface area contributed by atoms with E-state index in [1.54, 1.807) is 0 Å². The molecule has 112 valence electrons. The molecule has 2 rings (SSSR count). The summed E-state index contributed by atoms with van der Waals surface area (Å²) >= 11 is 0. The molecule has 1 aromatic heterocycles. The number of nitrogens with two attached hydrogens (primary N) is 1. The molecule has 1 aliphatic rings. The van der Waals surface area contributed by atoms with Crippen molar-refractivity contribution in [1.29, 1.82) is 0 Å². The maximum atomic E-state index is 11.8. The predicted molar refractivity (Wildman–Crippen MR) is 79.4 cm³/mol. The number of primary amides is 1. The van der Waals surface area contributed by atoms with Crippen LogP contribution >= 0.6 is 0 Å². The van der Waals surface area contributed by atoms with Gasteiger partial charge in [0.1, 0.15) is 5.82 Å². The molecular formula is C15H26N4O. The average molecular weight is 278 g/mol. The van der Waals surface area contributed by atoms with Gasteiger partial charge in [-0.3, -0.25) is 4.79 Å². The van der Waals surface area contributed by atoms with E-state index in [9.17, 15) is 4.79 Å². The maximum Gasteiger partial charge on any atom is 0.237 e. The first kappa shape index (κ1) is 15.0. The van der Waals surface area contributed by atoms with Crippen LogP contribution in [0.4, 0.5) is 0 Å². The van der Waals surface area contributed by atoms with E-state index in [4.69, 9.17) is 5.73 Å². The topological polar surface area (TPSA) is 72.9 Å². The summed E-state index contributed by atoms with van der Waals surface area (Å²) in [4.78, 5) is 16.3. The molecular weight excluding hydrogens is 252 g/mol. The van der Waals surface area contributed by atoms with Crippen molar-refractivity contribution < 1.29 is 4.79 Å². The van der Waals surface area contributed by atoms with Crippen LogP contribution in [0, 0.1) is 0 Å². The Morgan fingerprint density at radius 1 is 1.55 bits per heavy atom. The van der Waals surface area contributed by atoms with Gasteiger partial charge in [-0.1, -0.05) is 13.8 Å². The van der Waals surface area contributed by atoms with Crippen molar-refractivity contribution in [3.05, 3.63) is 18.2 Å². The Bertz CT molecular complexity index is 478. The maximum absolute atomic E-state index is 11.8. The van der Waals surface area contributed by atoms with Crippen LogP contribution in [-0.4, -0.2) is 27.0 Å². The third-order valence-electron chi connectivity index (χ3n) is 4.04. The van der Waals surface area contributed by atoms with E-state index in [2.05, 4.69) is 35.6 Å². The van der Waals surface area contributed by atoms with Crippen LogP contribution in [0.5, 0.6) is 0 Å². The van der Waals surface area contributed by atoms with Crippen LogP contribution < -0.4 is 11.1 Å². The average Bonchev–Trinajstić information content (AvgIpc) is 3.01. The predicted octanol–water partition coefficient (Wildman–Crippen LogP) is 1.95. The lowest BCUT2D eigenvalue weighted by atomic mass is 9.92. The molecule has 0 bridgehead atoms. The third-order valence-corrected chi connectivity index (χ3v) is 4.04. The SMILES string of the molecule is CC(C)c1nccn1C(C)CC(C)(NC1CC1)C(N)=O. The lowest BCUT2D eigenvalue weighted by molar-refractivity contribution is -0.124. The van der Waals surface area contributed by atoms with Gasteiger partial charge in [0.2, 0.25) is 5.91 Å². The van der Waals surface area contributed by atoms with Gasteiger partial charge >= 0.3 is 0 Å². The third kappa shape index (κ3) is 3.20. The zero-order valence-corrected chi connectivity index (χ0v) is 12.9. The second kappa shape index (κ2) is 5.56. The number of rotatable bonds is 7. The van der Waals surface area contributed by atoms with Gasteiger partial charge in [-0.25, -0.2) is 4.98 Å². The highest BCUT2D eigenvalue weighted by Gasteiger charge is 2.38. The lowest BCUT2D eigenvalue weighted by Crippen LogP contribution is -2.55. The number of hydrogen-bond acceptors (Lipinski definition) is 3. The number of hydrogen-bond donors (Lipinski definition) is 2. The van der Waals surface area contributed by atoms with Gasteiger partial charge in [0.05, 0.1) is 5.54 Å². The van der Waals surface area contributed by atoms with Gasteiger partial charge in [-0.05, 0) is 33.1 Å². The summed E-state index contributed by atoms with van der Waals surface area (Å²) in [6, 6.07) is 0.630. The first-order chi connectivity index (χ1) is 9.33. The van der Waals surface area contributed by atoms with Crippen molar-refractivity contribution in [1.82, 2.24) is 14.9 Å². The highest BCUT2D eigenvalue weighted by Crippen LogP contribution is 2.29. The minimum absolute atomic E-state index is 0.179. The molecule has 2 unspecified atom stereocenters. The molecule has 0 aliphatic heterocycles. The number of aromatic nitrogens is 2. The Morgan fingerprint density at radius 3 is 2.70 bits per heavy atom. The van der Waals surface area contributed by atoms with Crippen LogP contribution in [0.3, 0.4) is 0 Å². The molecule has 1 heterocycles. The highest BCUT2D eigenvalue weighted by atomic mass is 16.1. The Morgan fingerprint density at radius 2 is 2.20 bits per heavy atom. The summed E-state index contributed by atoms with van der Waals surface area (Å²) < 4.78 is 2.15. The van der Waals surface area contributed by atoms with Crippen molar-refractivity contribution in [2.45, 2.75) is 70.5 Å². The minimum Gasteiger partial charge on any atom is -0.368 e. The van der Waals surface area contributed by atoms with Crippen LogP contribution in [0.1, 0.15) is 64.7 Å². The van der Waals surface area contributed by atoms with E-state index in [0.29, 0.717) is 18.4 Å².